The van der Waals surface area contributed by atoms with Gasteiger partial charge < -0.3 is 48.8 Å². The van der Waals surface area contributed by atoms with E-state index in [2.05, 4.69) is 80.7 Å². The maximum absolute atomic E-state index is 4.38. The Hall–Kier alpha value is -3.27. The molecule has 0 radical (unpaired) electrons. The van der Waals surface area contributed by atoms with E-state index in [4.69, 9.17) is 0 Å². The van der Waals surface area contributed by atoms with E-state index in [0.29, 0.717) is 0 Å². The number of unbranched alkanes of at least 4 members (excludes halogenated alkanes) is 1. The first-order valence-corrected chi connectivity index (χ1v) is 18.6. The normalized spacial score (nSPS) is 12.9. The molecular formula is C44H51Cl2FeIN6. The van der Waals surface area contributed by atoms with Gasteiger partial charge in [-0.1, -0.05) is 76.3 Å². The third kappa shape index (κ3) is 15.1. The molecule has 0 atom stereocenters. The summed E-state index contributed by atoms with van der Waals surface area (Å²) >= 11 is 0. The fourth-order valence-corrected chi connectivity index (χ4v) is 6.81. The summed E-state index contributed by atoms with van der Waals surface area (Å²) in [6, 6.07) is 28.7. The molecule has 0 spiro atoms. The predicted molar refractivity (Wildman–Crippen MR) is 199 cm³/mol. The standard InChI is InChI=1S/C24H29N3.C15H12N3.C5H10.2ClH.Fe.HI/c1-2-8-21(7-1)9-4-6-16-26-17-11-22(12-18-26)23-13-19-27(20-14-23)24-10-3-5-15-25-24;1-2-8-17-15(3-1)18-11-6-14(7-12-18)13-4-9-16-10-5-13;1-2-4-5-3-1;;;;/h3,5,10-15,17-21H,1-2,4,6-9,16H2;1-12H;1-5H2;2*1H;;1H/q+2;+1;;;;;/p-3. The average molecular weight is 918 g/mol. The van der Waals surface area contributed by atoms with Gasteiger partial charge in [0.15, 0.2) is 12.4 Å². The molecule has 6 aromatic rings. The van der Waals surface area contributed by atoms with Gasteiger partial charge in [0.25, 0.3) is 0 Å². The van der Waals surface area contributed by atoms with E-state index in [-0.39, 0.29) is 65.9 Å². The van der Waals surface area contributed by atoms with E-state index in [0.717, 1.165) is 29.7 Å². The van der Waals surface area contributed by atoms with E-state index in [9.17, 15) is 0 Å². The zero-order valence-electron chi connectivity index (χ0n) is 30.8. The summed E-state index contributed by atoms with van der Waals surface area (Å²) in [5.41, 5.74) is 4.82. The molecule has 0 aliphatic heterocycles. The van der Waals surface area contributed by atoms with Gasteiger partial charge in [0.1, 0.15) is 18.9 Å². The number of halogens is 3. The molecule has 54 heavy (non-hydrogen) atoms. The topological polar surface area (TPSA) is 50.3 Å². The van der Waals surface area contributed by atoms with Crippen LogP contribution >= 0.6 is 0 Å². The molecule has 2 fully saturated rings. The van der Waals surface area contributed by atoms with Crippen LogP contribution < -0.4 is 62.5 Å². The van der Waals surface area contributed by atoms with Crippen molar-refractivity contribution in [2.75, 3.05) is 0 Å². The Morgan fingerprint density at radius 2 is 0.907 bits per heavy atom. The van der Waals surface area contributed by atoms with Crippen molar-refractivity contribution < 1.29 is 79.6 Å². The first-order chi connectivity index (χ1) is 24.8. The van der Waals surface area contributed by atoms with Crippen molar-refractivity contribution in [2.24, 2.45) is 5.92 Å². The van der Waals surface area contributed by atoms with Crippen LogP contribution in [0.4, 0.5) is 0 Å². The van der Waals surface area contributed by atoms with E-state index >= 15 is 0 Å². The predicted octanol–water partition coefficient (Wildman–Crippen LogP) is 0.0536. The summed E-state index contributed by atoms with van der Waals surface area (Å²) in [7, 11) is 0. The van der Waals surface area contributed by atoms with Crippen LogP contribution in [-0.2, 0) is 23.6 Å². The number of aromatic nitrogens is 6. The van der Waals surface area contributed by atoms with Crippen LogP contribution in [-0.4, -0.2) is 15.0 Å². The molecule has 2 saturated carbocycles. The van der Waals surface area contributed by atoms with E-state index < -0.39 is 0 Å². The summed E-state index contributed by atoms with van der Waals surface area (Å²) in [5, 5.41) is 0. The SMILES string of the molecule is C1CCCC1.[Cl-].[Cl-].[Fe].[I-].c1ccc(-[n+]2ccc(-c3cc[n+](CCCCC4CCCC4)cc3)cc2)nc1.c1ccc(-[n+]2ccc(-c3ccncc3)cc2)nc1. The van der Waals surface area contributed by atoms with Gasteiger partial charge in [-0.25, -0.2) is 13.7 Å². The summed E-state index contributed by atoms with van der Waals surface area (Å²) in [6.07, 6.45) is 37.3. The molecule has 6 heterocycles. The van der Waals surface area contributed by atoms with Crippen molar-refractivity contribution in [3.05, 3.63) is 147 Å². The van der Waals surface area contributed by atoms with Gasteiger partial charge in [-0.3, -0.25) is 4.98 Å². The Bertz CT molecular complexity index is 1740. The zero-order valence-corrected chi connectivity index (χ0v) is 35.6. The Kier molecular flexibility index (Phi) is 23.0. The summed E-state index contributed by atoms with van der Waals surface area (Å²) in [4.78, 5) is 12.7. The smallest absolute Gasteiger partial charge is 0.327 e. The number of nitrogens with zero attached hydrogens (tertiary/aromatic N) is 6. The largest absolute Gasteiger partial charge is 1.00 e. The Balaban J connectivity index is 0.000000324. The van der Waals surface area contributed by atoms with Gasteiger partial charge in [0, 0.05) is 60.1 Å². The van der Waals surface area contributed by atoms with Crippen molar-refractivity contribution >= 4 is 0 Å². The third-order valence-electron chi connectivity index (χ3n) is 9.73. The average Bonchev–Trinajstić information content (AvgIpc) is 3.97. The molecule has 2 aliphatic rings. The van der Waals surface area contributed by atoms with Gasteiger partial charge >= 0.3 is 11.6 Å². The summed E-state index contributed by atoms with van der Waals surface area (Å²) in [5.74, 6) is 2.87. The molecule has 0 aromatic carbocycles. The minimum Gasteiger partial charge on any atom is -1.00 e. The van der Waals surface area contributed by atoms with Crippen LogP contribution in [0.3, 0.4) is 0 Å². The summed E-state index contributed by atoms with van der Waals surface area (Å²) in [6.45, 7) is 1.13. The number of rotatable bonds is 9. The van der Waals surface area contributed by atoms with Gasteiger partial charge in [-0.2, -0.15) is 0 Å². The molecule has 0 unspecified atom stereocenters. The molecule has 286 valence electrons. The van der Waals surface area contributed by atoms with Crippen molar-refractivity contribution in [2.45, 2.75) is 83.6 Å². The van der Waals surface area contributed by atoms with Crippen LogP contribution in [0.25, 0.3) is 33.9 Å². The molecule has 0 amide bonds. The van der Waals surface area contributed by atoms with E-state index in [1.807, 2.05) is 76.3 Å². The monoisotopic (exact) mass is 916 g/mol. The van der Waals surface area contributed by atoms with Gasteiger partial charge in [0.05, 0.1) is 24.8 Å². The number of pyridine rings is 6. The minimum absolute atomic E-state index is 0. The fraction of sp³-hybridized carbons (Fsp3) is 0.318. The molecule has 10 heteroatoms. The van der Waals surface area contributed by atoms with Crippen LogP contribution in [0.2, 0.25) is 0 Å². The maximum Gasteiger partial charge on any atom is 0.327 e. The van der Waals surface area contributed by atoms with Crippen molar-refractivity contribution in [1.29, 1.82) is 0 Å². The Labute approximate surface area is 362 Å². The summed E-state index contributed by atoms with van der Waals surface area (Å²) < 4.78 is 6.34. The number of aryl methyl sites for hydroxylation is 1. The second-order valence-corrected chi connectivity index (χ2v) is 13.3. The van der Waals surface area contributed by atoms with E-state index in [1.165, 1.54) is 93.7 Å². The maximum atomic E-state index is 4.38. The van der Waals surface area contributed by atoms with E-state index in [1.54, 1.807) is 18.6 Å². The first-order valence-electron chi connectivity index (χ1n) is 18.6. The molecule has 8 rings (SSSR count). The quantitative estimate of drug-likeness (QED) is 0.0894. The first kappa shape index (κ1) is 46.9. The molecular weight excluding hydrogens is 866 g/mol. The molecule has 0 bridgehead atoms. The Morgan fingerprint density at radius 3 is 1.33 bits per heavy atom. The number of hydrogen-bond acceptors (Lipinski definition) is 3. The fourth-order valence-electron chi connectivity index (χ4n) is 6.81. The van der Waals surface area contributed by atoms with Crippen LogP contribution in [0.5, 0.6) is 0 Å². The molecule has 6 nitrogen and oxygen atoms in total. The van der Waals surface area contributed by atoms with Crippen molar-refractivity contribution in [3.63, 3.8) is 0 Å². The second-order valence-electron chi connectivity index (χ2n) is 13.3. The zero-order chi connectivity index (χ0) is 34.1. The van der Waals surface area contributed by atoms with Gasteiger partial charge in [-0.05, 0) is 93.1 Å². The van der Waals surface area contributed by atoms with Crippen LogP contribution in [0, 0.1) is 5.92 Å². The van der Waals surface area contributed by atoms with Gasteiger partial charge in [0.2, 0.25) is 0 Å². The molecule has 0 saturated heterocycles. The van der Waals surface area contributed by atoms with Crippen molar-refractivity contribution in [3.8, 4) is 33.9 Å². The minimum atomic E-state index is 0. The molecule has 0 N–H and O–H groups in total. The van der Waals surface area contributed by atoms with Crippen LogP contribution in [0.15, 0.2) is 147 Å². The van der Waals surface area contributed by atoms with Crippen LogP contribution in [0.1, 0.15) is 77.0 Å². The molecule has 2 aliphatic carbocycles. The van der Waals surface area contributed by atoms with Gasteiger partial charge in [-0.15, -0.1) is 0 Å². The second kappa shape index (κ2) is 26.5. The Morgan fingerprint density at radius 1 is 0.481 bits per heavy atom. The number of hydrogen-bond donors (Lipinski definition) is 0. The molecule has 6 aromatic heterocycles. The third-order valence-corrected chi connectivity index (χ3v) is 9.73. The van der Waals surface area contributed by atoms with Crippen molar-refractivity contribution in [1.82, 2.24) is 15.0 Å².